The van der Waals surface area contributed by atoms with Crippen LogP contribution in [0.5, 0.6) is 0 Å². The van der Waals surface area contributed by atoms with E-state index >= 15 is 0 Å². The fraction of sp³-hybridized carbons (Fsp3) is 0.389. The summed E-state index contributed by atoms with van der Waals surface area (Å²) in [7, 11) is 0. The van der Waals surface area contributed by atoms with Crippen molar-refractivity contribution >= 4 is 28.6 Å². The molecular formula is C18H19ClN6O2. The highest BCUT2D eigenvalue weighted by Crippen LogP contribution is 2.22. The van der Waals surface area contributed by atoms with Crippen LogP contribution in [0.15, 0.2) is 24.7 Å². The minimum absolute atomic E-state index is 0.336. The Hall–Kier alpha value is -2.74. The predicted molar refractivity (Wildman–Crippen MR) is 99.8 cm³/mol. The Kier molecular flexibility index (Phi) is 4.22. The topological polar surface area (TPSA) is 86.0 Å². The van der Waals surface area contributed by atoms with Crippen LogP contribution in [0.3, 0.4) is 0 Å². The normalized spacial score (nSPS) is 14.3. The standard InChI is InChI=1S/C18H19ClN6O2/c1-18(2,3)27-17(26)24-5-4-11-7-21-16(23-13(11)10-24)25-14-9-20-15(19)6-12(14)8-22-25/h6-9H,4-5,10H2,1-3H3. The number of aromatic nitrogens is 5. The maximum Gasteiger partial charge on any atom is 0.410 e. The minimum atomic E-state index is -0.531. The van der Waals surface area contributed by atoms with Gasteiger partial charge in [0.2, 0.25) is 0 Å². The van der Waals surface area contributed by atoms with E-state index in [9.17, 15) is 4.79 Å². The van der Waals surface area contributed by atoms with Gasteiger partial charge in [-0.3, -0.25) is 0 Å². The largest absolute Gasteiger partial charge is 0.444 e. The number of hydrogen-bond acceptors (Lipinski definition) is 6. The number of halogens is 1. The van der Waals surface area contributed by atoms with E-state index in [0.29, 0.717) is 30.6 Å². The molecule has 3 aromatic heterocycles. The number of rotatable bonds is 1. The molecule has 9 heteroatoms. The lowest BCUT2D eigenvalue weighted by Crippen LogP contribution is -2.40. The molecule has 8 nitrogen and oxygen atoms in total. The maximum atomic E-state index is 12.4. The van der Waals surface area contributed by atoms with Crippen LogP contribution in [0.2, 0.25) is 5.15 Å². The highest BCUT2D eigenvalue weighted by atomic mass is 35.5. The number of carbonyl (C=O) groups is 1. The molecule has 0 atom stereocenters. The smallest absolute Gasteiger partial charge is 0.410 e. The second-order valence-electron chi connectivity index (χ2n) is 7.42. The Balaban J connectivity index is 1.64. The van der Waals surface area contributed by atoms with Gasteiger partial charge in [0.25, 0.3) is 5.95 Å². The zero-order valence-electron chi connectivity index (χ0n) is 15.3. The first kappa shape index (κ1) is 17.7. The first-order chi connectivity index (χ1) is 12.8. The van der Waals surface area contributed by atoms with Crippen molar-refractivity contribution in [3.05, 3.63) is 41.1 Å². The van der Waals surface area contributed by atoms with E-state index in [2.05, 4.69) is 20.1 Å². The Labute approximate surface area is 161 Å². The lowest BCUT2D eigenvalue weighted by atomic mass is 10.1. The van der Waals surface area contributed by atoms with E-state index in [1.807, 2.05) is 20.8 Å². The Morgan fingerprint density at radius 3 is 2.81 bits per heavy atom. The molecule has 0 aromatic carbocycles. The molecular weight excluding hydrogens is 368 g/mol. The number of ether oxygens (including phenoxy) is 1. The van der Waals surface area contributed by atoms with E-state index in [1.165, 1.54) is 0 Å². The van der Waals surface area contributed by atoms with Crippen molar-refractivity contribution in [1.82, 2.24) is 29.6 Å². The molecule has 0 spiro atoms. The van der Waals surface area contributed by atoms with Gasteiger partial charge in [0.1, 0.15) is 10.8 Å². The van der Waals surface area contributed by atoms with Crippen LogP contribution in [-0.2, 0) is 17.7 Å². The summed E-state index contributed by atoms with van der Waals surface area (Å²) in [6, 6.07) is 1.74. The van der Waals surface area contributed by atoms with Gasteiger partial charge in [-0.05, 0) is 38.8 Å². The first-order valence-electron chi connectivity index (χ1n) is 8.62. The zero-order chi connectivity index (χ0) is 19.2. The number of carbonyl (C=O) groups excluding carboxylic acids is 1. The third-order valence-corrected chi connectivity index (χ3v) is 4.40. The number of pyridine rings is 1. The second-order valence-corrected chi connectivity index (χ2v) is 7.80. The van der Waals surface area contributed by atoms with Crippen LogP contribution in [0.4, 0.5) is 4.79 Å². The second kappa shape index (κ2) is 6.45. The number of amides is 1. The van der Waals surface area contributed by atoms with Gasteiger partial charge in [0.05, 0.1) is 30.1 Å². The third-order valence-electron chi connectivity index (χ3n) is 4.20. The molecule has 0 aliphatic carbocycles. The van der Waals surface area contributed by atoms with Gasteiger partial charge in [-0.2, -0.15) is 9.78 Å². The van der Waals surface area contributed by atoms with Crippen LogP contribution in [-0.4, -0.2) is 47.9 Å². The Morgan fingerprint density at radius 1 is 1.22 bits per heavy atom. The predicted octanol–water partition coefficient (Wildman–Crippen LogP) is 3.16. The monoisotopic (exact) mass is 386 g/mol. The molecule has 140 valence electrons. The fourth-order valence-corrected chi connectivity index (χ4v) is 3.10. The van der Waals surface area contributed by atoms with Crippen molar-refractivity contribution < 1.29 is 9.53 Å². The number of nitrogens with zero attached hydrogens (tertiary/aromatic N) is 6. The average molecular weight is 387 g/mol. The summed E-state index contributed by atoms with van der Waals surface area (Å²) in [6.07, 6.45) is 5.48. The van der Waals surface area contributed by atoms with E-state index in [-0.39, 0.29) is 6.09 Å². The molecule has 0 unspecified atom stereocenters. The van der Waals surface area contributed by atoms with Gasteiger partial charge in [0.15, 0.2) is 0 Å². The molecule has 0 fully saturated rings. The number of hydrogen-bond donors (Lipinski definition) is 0. The van der Waals surface area contributed by atoms with Gasteiger partial charge in [-0.1, -0.05) is 11.6 Å². The first-order valence-corrected chi connectivity index (χ1v) is 9.00. The van der Waals surface area contributed by atoms with E-state index in [1.54, 1.807) is 34.2 Å². The summed E-state index contributed by atoms with van der Waals surface area (Å²) < 4.78 is 7.09. The summed E-state index contributed by atoms with van der Waals surface area (Å²) in [4.78, 5) is 27.2. The van der Waals surface area contributed by atoms with Gasteiger partial charge in [-0.15, -0.1) is 0 Å². The summed E-state index contributed by atoms with van der Waals surface area (Å²) in [6.45, 7) is 6.52. The highest BCUT2D eigenvalue weighted by Gasteiger charge is 2.27. The van der Waals surface area contributed by atoms with E-state index in [4.69, 9.17) is 16.3 Å². The van der Waals surface area contributed by atoms with Gasteiger partial charge >= 0.3 is 6.09 Å². The maximum absolute atomic E-state index is 12.4. The molecule has 0 saturated heterocycles. The molecule has 1 aliphatic heterocycles. The van der Waals surface area contributed by atoms with Gasteiger partial charge in [0, 0.05) is 18.1 Å². The molecule has 0 bridgehead atoms. The van der Waals surface area contributed by atoms with Crippen molar-refractivity contribution in [2.45, 2.75) is 39.3 Å². The summed E-state index contributed by atoms with van der Waals surface area (Å²) in [5.74, 6) is 0.430. The molecule has 0 N–H and O–H groups in total. The van der Waals surface area contributed by atoms with Crippen LogP contribution in [0, 0.1) is 0 Å². The molecule has 4 heterocycles. The summed E-state index contributed by atoms with van der Waals surface area (Å²) >= 11 is 5.93. The summed E-state index contributed by atoms with van der Waals surface area (Å²) in [5.41, 5.74) is 2.05. The van der Waals surface area contributed by atoms with Crippen molar-refractivity contribution in [2.75, 3.05) is 6.54 Å². The van der Waals surface area contributed by atoms with Crippen LogP contribution in [0.25, 0.3) is 16.9 Å². The van der Waals surface area contributed by atoms with Crippen LogP contribution >= 0.6 is 11.6 Å². The Bertz CT molecular complexity index is 1030. The van der Waals surface area contributed by atoms with Crippen molar-refractivity contribution in [2.24, 2.45) is 0 Å². The quantitative estimate of drug-likeness (QED) is 0.597. The molecule has 1 amide bonds. The van der Waals surface area contributed by atoms with E-state index in [0.717, 1.165) is 22.2 Å². The van der Waals surface area contributed by atoms with Crippen molar-refractivity contribution in [3.8, 4) is 5.95 Å². The molecule has 3 aromatic rings. The molecule has 27 heavy (non-hydrogen) atoms. The highest BCUT2D eigenvalue weighted by molar-refractivity contribution is 6.30. The third kappa shape index (κ3) is 3.57. The van der Waals surface area contributed by atoms with Gasteiger partial charge < -0.3 is 9.64 Å². The lowest BCUT2D eigenvalue weighted by molar-refractivity contribution is 0.0220. The molecule has 0 saturated carbocycles. The fourth-order valence-electron chi connectivity index (χ4n) is 2.94. The minimum Gasteiger partial charge on any atom is -0.444 e. The lowest BCUT2D eigenvalue weighted by Gasteiger charge is -2.30. The SMILES string of the molecule is CC(C)(C)OC(=O)N1CCc2cnc(-n3ncc4cc(Cl)ncc43)nc2C1. The van der Waals surface area contributed by atoms with Gasteiger partial charge in [-0.25, -0.2) is 19.7 Å². The molecule has 4 rings (SSSR count). The van der Waals surface area contributed by atoms with Crippen LogP contribution in [0.1, 0.15) is 32.0 Å². The van der Waals surface area contributed by atoms with E-state index < -0.39 is 5.60 Å². The zero-order valence-corrected chi connectivity index (χ0v) is 16.1. The number of fused-ring (bicyclic) bond motifs is 2. The van der Waals surface area contributed by atoms with Crippen LogP contribution < -0.4 is 0 Å². The average Bonchev–Trinajstić information content (AvgIpc) is 3.02. The summed E-state index contributed by atoms with van der Waals surface area (Å²) in [5, 5.41) is 5.60. The Morgan fingerprint density at radius 2 is 2.04 bits per heavy atom. The van der Waals surface area contributed by atoms with Crippen molar-refractivity contribution in [3.63, 3.8) is 0 Å². The molecule has 0 radical (unpaired) electrons. The van der Waals surface area contributed by atoms with Crippen molar-refractivity contribution in [1.29, 1.82) is 0 Å². The molecule has 1 aliphatic rings.